The van der Waals surface area contributed by atoms with E-state index < -0.39 is 11.7 Å². The van der Waals surface area contributed by atoms with Crippen molar-refractivity contribution >= 4 is 22.4 Å². The lowest BCUT2D eigenvalue weighted by Crippen LogP contribution is -2.27. The molecule has 0 atom stereocenters. The Hall–Kier alpha value is -3.33. The summed E-state index contributed by atoms with van der Waals surface area (Å²) in [6.07, 6.45) is -3.43. The maximum atomic E-state index is 12.8. The van der Waals surface area contributed by atoms with Crippen molar-refractivity contribution in [2.75, 3.05) is 11.4 Å². The lowest BCUT2D eigenvalue weighted by atomic mass is 9.95. The number of nitrogens with zero attached hydrogens (tertiary/aromatic N) is 2. The fourth-order valence-electron chi connectivity index (χ4n) is 3.67. The molecule has 4 rings (SSSR count). The van der Waals surface area contributed by atoms with Crippen LogP contribution < -0.4 is 4.90 Å². The van der Waals surface area contributed by atoms with Crippen LogP contribution in [0.3, 0.4) is 0 Å². The summed E-state index contributed by atoms with van der Waals surface area (Å²) in [6.45, 7) is 0.454. The molecule has 0 fully saturated rings. The van der Waals surface area contributed by atoms with Crippen molar-refractivity contribution in [3.63, 3.8) is 0 Å². The smallest absolute Gasteiger partial charge is 0.308 e. The molecule has 1 amide bonds. The number of unbranched alkanes of at least 4 members (excludes halogenated alkanes) is 1. The molecule has 6 heteroatoms. The minimum Gasteiger partial charge on any atom is -0.308 e. The average molecular weight is 380 g/mol. The number of benzene rings is 3. The van der Waals surface area contributed by atoms with Gasteiger partial charge in [0.1, 0.15) is 0 Å². The second-order valence-corrected chi connectivity index (χ2v) is 6.65. The monoisotopic (exact) mass is 380 g/mol. The number of anilines is 1. The van der Waals surface area contributed by atoms with Crippen LogP contribution in [0.2, 0.25) is 0 Å². The van der Waals surface area contributed by atoms with Crippen molar-refractivity contribution in [2.24, 2.45) is 0 Å². The number of rotatable bonds is 4. The van der Waals surface area contributed by atoms with Gasteiger partial charge in [-0.3, -0.25) is 4.79 Å². The van der Waals surface area contributed by atoms with Gasteiger partial charge in [-0.15, -0.1) is 0 Å². The van der Waals surface area contributed by atoms with E-state index in [-0.39, 0.29) is 5.91 Å². The first kappa shape index (κ1) is 18.1. The number of amides is 1. The third-order valence-electron chi connectivity index (χ3n) is 4.98. The van der Waals surface area contributed by atoms with Gasteiger partial charge in [-0.05, 0) is 47.2 Å². The summed E-state index contributed by atoms with van der Waals surface area (Å²) in [7, 11) is 0. The van der Waals surface area contributed by atoms with Crippen molar-refractivity contribution in [3.05, 3.63) is 65.7 Å². The van der Waals surface area contributed by atoms with Crippen molar-refractivity contribution < 1.29 is 18.0 Å². The van der Waals surface area contributed by atoms with E-state index >= 15 is 0 Å². The largest absolute Gasteiger partial charge is 0.416 e. The molecule has 3 nitrogen and oxygen atoms in total. The van der Waals surface area contributed by atoms with E-state index in [4.69, 9.17) is 5.26 Å². The molecule has 1 heterocycles. The zero-order chi connectivity index (χ0) is 19.9. The first-order valence-corrected chi connectivity index (χ1v) is 8.84. The van der Waals surface area contributed by atoms with Crippen molar-refractivity contribution in [3.8, 4) is 17.2 Å². The molecule has 3 aromatic carbocycles. The summed E-state index contributed by atoms with van der Waals surface area (Å²) in [5, 5.41) is 10.4. The van der Waals surface area contributed by atoms with Crippen LogP contribution in [0, 0.1) is 11.3 Å². The number of carbonyl (C=O) groups is 1. The second-order valence-electron chi connectivity index (χ2n) is 6.65. The van der Waals surface area contributed by atoms with E-state index in [0.717, 1.165) is 34.2 Å². The van der Waals surface area contributed by atoms with E-state index in [2.05, 4.69) is 6.07 Å². The highest BCUT2D eigenvalue weighted by atomic mass is 19.4. The Morgan fingerprint density at radius 3 is 2.39 bits per heavy atom. The van der Waals surface area contributed by atoms with Crippen molar-refractivity contribution in [1.29, 1.82) is 5.26 Å². The first-order valence-electron chi connectivity index (χ1n) is 8.84. The SMILES string of the molecule is N#CCCCN1C(=O)c2cccc3c(-c4ccc(C(F)(F)F)cc4)ccc1c23. The van der Waals surface area contributed by atoms with Crippen LogP contribution in [0.5, 0.6) is 0 Å². The van der Waals surface area contributed by atoms with Gasteiger partial charge in [0.2, 0.25) is 0 Å². The number of alkyl halides is 3. The normalized spacial score (nSPS) is 13.2. The van der Waals surface area contributed by atoms with E-state index in [9.17, 15) is 18.0 Å². The molecule has 0 aliphatic carbocycles. The highest BCUT2D eigenvalue weighted by Crippen LogP contribution is 2.42. The Bertz CT molecular complexity index is 1110. The van der Waals surface area contributed by atoms with Gasteiger partial charge in [0.25, 0.3) is 5.91 Å². The maximum absolute atomic E-state index is 12.8. The van der Waals surface area contributed by atoms with Gasteiger partial charge in [-0.1, -0.05) is 30.3 Å². The number of nitriles is 1. The third kappa shape index (κ3) is 2.89. The van der Waals surface area contributed by atoms with Crippen LogP contribution in [0.15, 0.2) is 54.6 Å². The Balaban J connectivity index is 1.80. The van der Waals surface area contributed by atoms with Gasteiger partial charge < -0.3 is 4.90 Å². The molecule has 140 valence electrons. The lowest BCUT2D eigenvalue weighted by Gasteiger charge is -2.17. The average Bonchev–Trinajstić information content (AvgIpc) is 2.96. The summed E-state index contributed by atoms with van der Waals surface area (Å²) in [4.78, 5) is 14.5. The molecule has 0 bridgehead atoms. The van der Waals surface area contributed by atoms with Crippen LogP contribution in [0.4, 0.5) is 18.9 Å². The Kier molecular flexibility index (Phi) is 4.31. The molecule has 0 radical (unpaired) electrons. The third-order valence-corrected chi connectivity index (χ3v) is 4.98. The van der Waals surface area contributed by atoms with Crippen LogP contribution in [-0.2, 0) is 6.18 Å². The standard InChI is InChI=1S/C22H15F3N2O/c23-22(24,25)15-8-6-14(7-9-15)16-10-11-19-20-17(16)4-3-5-18(20)21(28)27(19)13-2-1-12-26/h3-11H,1-2,13H2. The van der Waals surface area contributed by atoms with E-state index in [1.165, 1.54) is 12.1 Å². The van der Waals surface area contributed by atoms with Crippen molar-refractivity contribution in [1.82, 2.24) is 0 Å². The van der Waals surface area contributed by atoms with Gasteiger partial charge in [0.05, 0.1) is 17.3 Å². The minimum absolute atomic E-state index is 0.108. The van der Waals surface area contributed by atoms with Gasteiger partial charge in [-0.2, -0.15) is 18.4 Å². The van der Waals surface area contributed by atoms with E-state index in [0.29, 0.717) is 30.5 Å². The molecule has 3 aromatic rings. The Morgan fingerprint density at radius 2 is 1.71 bits per heavy atom. The molecular formula is C22H15F3N2O. The summed E-state index contributed by atoms with van der Waals surface area (Å²) < 4.78 is 38.5. The minimum atomic E-state index is -4.38. The topological polar surface area (TPSA) is 44.1 Å². The zero-order valence-electron chi connectivity index (χ0n) is 14.8. The van der Waals surface area contributed by atoms with Crippen LogP contribution in [0.25, 0.3) is 21.9 Å². The maximum Gasteiger partial charge on any atom is 0.416 e. The van der Waals surface area contributed by atoms with Crippen LogP contribution in [-0.4, -0.2) is 12.5 Å². The molecule has 0 saturated carbocycles. The molecule has 28 heavy (non-hydrogen) atoms. The fraction of sp³-hybridized carbons (Fsp3) is 0.182. The molecule has 0 aromatic heterocycles. The molecule has 1 aliphatic heterocycles. The van der Waals surface area contributed by atoms with E-state index in [1.54, 1.807) is 17.0 Å². The molecule has 0 spiro atoms. The molecule has 0 unspecified atom stereocenters. The highest BCUT2D eigenvalue weighted by molar-refractivity contribution is 6.26. The Morgan fingerprint density at radius 1 is 0.964 bits per heavy atom. The van der Waals surface area contributed by atoms with Gasteiger partial charge in [0.15, 0.2) is 0 Å². The molecule has 0 saturated heterocycles. The van der Waals surface area contributed by atoms with Gasteiger partial charge in [-0.25, -0.2) is 0 Å². The number of carbonyl (C=O) groups excluding carboxylic acids is 1. The summed E-state index contributed by atoms with van der Waals surface area (Å²) in [5.74, 6) is -0.108. The van der Waals surface area contributed by atoms with Crippen molar-refractivity contribution in [2.45, 2.75) is 19.0 Å². The number of halogens is 3. The fourth-order valence-corrected chi connectivity index (χ4v) is 3.67. The van der Waals surface area contributed by atoms with Gasteiger partial charge in [0, 0.05) is 23.9 Å². The summed E-state index contributed by atoms with van der Waals surface area (Å²) >= 11 is 0. The second kappa shape index (κ2) is 6.68. The van der Waals surface area contributed by atoms with Crippen LogP contribution >= 0.6 is 0 Å². The van der Waals surface area contributed by atoms with Gasteiger partial charge >= 0.3 is 6.18 Å². The highest BCUT2D eigenvalue weighted by Gasteiger charge is 2.31. The Labute approximate surface area is 159 Å². The first-order chi connectivity index (χ1) is 13.4. The predicted molar refractivity (Wildman–Crippen MR) is 101 cm³/mol. The number of hydrogen-bond acceptors (Lipinski definition) is 2. The summed E-state index contributed by atoms with van der Waals surface area (Å²) in [6, 6.07) is 16.2. The predicted octanol–water partition coefficient (Wildman–Crippen LogP) is 5.79. The molecule has 1 aliphatic rings. The van der Waals surface area contributed by atoms with Crippen LogP contribution in [0.1, 0.15) is 28.8 Å². The molecular weight excluding hydrogens is 365 g/mol. The lowest BCUT2D eigenvalue weighted by molar-refractivity contribution is -0.137. The quantitative estimate of drug-likeness (QED) is 0.538. The molecule has 0 N–H and O–H groups in total. The summed E-state index contributed by atoms with van der Waals surface area (Å²) in [5.41, 5.74) is 2.11. The van der Waals surface area contributed by atoms with E-state index in [1.807, 2.05) is 18.2 Å². The number of hydrogen-bond donors (Lipinski definition) is 0. The zero-order valence-corrected chi connectivity index (χ0v) is 14.8.